The van der Waals surface area contributed by atoms with Crippen LogP contribution in [0.25, 0.3) is 0 Å². The first-order valence-electron chi connectivity index (χ1n) is 5.39. The van der Waals surface area contributed by atoms with E-state index in [1.807, 2.05) is 0 Å². The van der Waals surface area contributed by atoms with Crippen LogP contribution in [0.1, 0.15) is 10.4 Å². The second kappa shape index (κ2) is 8.15. The maximum Gasteiger partial charge on any atom is 0.253 e. The van der Waals surface area contributed by atoms with Crippen molar-refractivity contribution in [1.82, 2.24) is 4.90 Å². The fraction of sp³-hybridized carbons (Fsp3) is 0.417. The van der Waals surface area contributed by atoms with Crippen molar-refractivity contribution in [3.63, 3.8) is 0 Å². The molecule has 0 fully saturated rings. The highest BCUT2D eigenvalue weighted by Crippen LogP contribution is 2.23. The first-order chi connectivity index (χ1) is 8.60. The molecule has 0 radical (unpaired) electrons. The molecule has 0 heterocycles. The first-order valence-corrected chi connectivity index (χ1v) is 7.68. The highest BCUT2D eigenvalue weighted by molar-refractivity contribution is 9.10. The molecule has 1 amide bonds. The summed E-state index contributed by atoms with van der Waals surface area (Å²) in [4.78, 5) is 14.0. The van der Waals surface area contributed by atoms with Crippen LogP contribution in [0.4, 0.5) is 0 Å². The van der Waals surface area contributed by atoms with Crippen LogP contribution in [0.5, 0.6) is 0 Å². The molecule has 1 rings (SSSR count). The number of amides is 1. The molecule has 0 saturated heterocycles. The average Bonchev–Trinajstić information content (AvgIpc) is 2.37. The standard InChI is InChI=1S/C12H14Br2ClNO2/c1-18-7-6-16(5-4-13)12(17)9-2-3-11(15)10(14)8-9/h2-3,8H,4-7H2,1H3. The van der Waals surface area contributed by atoms with Gasteiger partial charge in [0.2, 0.25) is 0 Å². The number of halogens is 3. The Morgan fingerprint density at radius 2 is 2.17 bits per heavy atom. The number of alkyl halides is 1. The van der Waals surface area contributed by atoms with E-state index >= 15 is 0 Å². The van der Waals surface area contributed by atoms with Crippen molar-refractivity contribution in [2.75, 3.05) is 32.1 Å². The fourth-order valence-electron chi connectivity index (χ4n) is 1.43. The number of benzene rings is 1. The first kappa shape index (κ1) is 16.0. The lowest BCUT2D eigenvalue weighted by Crippen LogP contribution is -2.35. The van der Waals surface area contributed by atoms with Crippen LogP contribution in [0.15, 0.2) is 22.7 Å². The lowest BCUT2D eigenvalue weighted by atomic mass is 10.2. The van der Waals surface area contributed by atoms with Gasteiger partial charge in [-0.25, -0.2) is 0 Å². The molecule has 6 heteroatoms. The molecular weight excluding hydrogens is 385 g/mol. The maximum atomic E-state index is 12.3. The van der Waals surface area contributed by atoms with Gasteiger partial charge in [0.15, 0.2) is 0 Å². The van der Waals surface area contributed by atoms with E-state index < -0.39 is 0 Å². The van der Waals surface area contributed by atoms with Crippen molar-refractivity contribution < 1.29 is 9.53 Å². The van der Waals surface area contributed by atoms with Crippen LogP contribution >= 0.6 is 43.5 Å². The molecule has 0 aromatic heterocycles. The van der Waals surface area contributed by atoms with Gasteiger partial charge in [-0.2, -0.15) is 0 Å². The summed E-state index contributed by atoms with van der Waals surface area (Å²) in [6.45, 7) is 1.73. The second-order valence-electron chi connectivity index (χ2n) is 3.60. The molecule has 18 heavy (non-hydrogen) atoms. The predicted octanol–water partition coefficient (Wildman–Crippen LogP) is 3.59. The summed E-state index contributed by atoms with van der Waals surface area (Å²) in [6, 6.07) is 5.17. The smallest absolute Gasteiger partial charge is 0.253 e. The highest BCUT2D eigenvalue weighted by atomic mass is 79.9. The van der Waals surface area contributed by atoms with Gasteiger partial charge in [-0.05, 0) is 34.1 Å². The fourth-order valence-corrected chi connectivity index (χ4v) is 2.35. The van der Waals surface area contributed by atoms with Crippen LogP contribution in [0.3, 0.4) is 0 Å². The van der Waals surface area contributed by atoms with Gasteiger partial charge in [0.25, 0.3) is 5.91 Å². The van der Waals surface area contributed by atoms with E-state index in [4.69, 9.17) is 16.3 Å². The van der Waals surface area contributed by atoms with Crippen molar-refractivity contribution in [1.29, 1.82) is 0 Å². The summed E-state index contributed by atoms with van der Waals surface area (Å²) in [5.74, 6) is -0.0242. The van der Waals surface area contributed by atoms with Crippen LogP contribution < -0.4 is 0 Å². The molecule has 100 valence electrons. The summed E-state index contributed by atoms with van der Waals surface area (Å²) in [5.41, 5.74) is 0.614. The minimum Gasteiger partial charge on any atom is -0.383 e. The molecule has 0 N–H and O–H groups in total. The summed E-state index contributed by atoms with van der Waals surface area (Å²) in [5, 5.41) is 1.33. The van der Waals surface area contributed by atoms with Crippen LogP contribution in [0, 0.1) is 0 Å². The molecule has 0 unspecified atom stereocenters. The second-order valence-corrected chi connectivity index (χ2v) is 5.66. The normalized spacial score (nSPS) is 10.4. The van der Waals surface area contributed by atoms with Crippen molar-refractivity contribution >= 4 is 49.4 Å². The van der Waals surface area contributed by atoms with E-state index in [2.05, 4.69) is 31.9 Å². The number of nitrogens with zero attached hydrogens (tertiary/aromatic N) is 1. The third-order valence-corrected chi connectivity index (χ3v) is 3.94. The number of methoxy groups -OCH3 is 1. The zero-order valence-electron chi connectivity index (χ0n) is 9.96. The zero-order chi connectivity index (χ0) is 13.5. The zero-order valence-corrected chi connectivity index (χ0v) is 13.9. The van der Waals surface area contributed by atoms with Crippen molar-refractivity contribution in [2.45, 2.75) is 0 Å². The minimum absolute atomic E-state index is 0.0242. The number of ether oxygens (including phenoxy) is 1. The highest BCUT2D eigenvalue weighted by Gasteiger charge is 2.15. The lowest BCUT2D eigenvalue weighted by Gasteiger charge is -2.21. The lowest BCUT2D eigenvalue weighted by molar-refractivity contribution is 0.0709. The molecule has 0 aliphatic carbocycles. The molecule has 0 aliphatic heterocycles. The number of carbonyl (C=O) groups excluding carboxylic acids is 1. The molecule has 1 aromatic carbocycles. The number of carbonyl (C=O) groups is 1. The number of hydrogen-bond acceptors (Lipinski definition) is 2. The Bertz CT molecular complexity index is 415. The molecule has 1 aromatic rings. The van der Waals surface area contributed by atoms with Gasteiger partial charge in [0.1, 0.15) is 0 Å². The number of rotatable bonds is 6. The Balaban J connectivity index is 2.83. The van der Waals surface area contributed by atoms with Crippen molar-refractivity contribution in [3.05, 3.63) is 33.3 Å². The van der Waals surface area contributed by atoms with Crippen molar-refractivity contribution in [3.8, 4) is 0 Å². The van der Waals surface area contributed by atoms with E-state index in [0.717, 1.165) is 9.80 Å². The Hall–Kier alpha value is -0.100. The monoisotopic (exact) mass is 397 g/mol. The largest absolute Gasteiger partial charge is 0.383 e. The van der Waals surface area contributed by atoms with Gasteiger partial charge < -0.3 is 9.64 Å². The van der Waals surface area contributed by atoms with E-state index in [9.17, 15) is 4.79 Å². The molecule has 0 saturated carbocycles. The van der Waals surface area contributed by atoms with E-state index in [1.54, 1.807) is 30.2 Å². The van der Waals surface area contributed by atoms with Gasteiger partial charge in [0, 0.05) is 35.6 Å². The Morgan fingerprint density at radius 1 is 1.44 bits per heavy atom. The van der Waals surface area contributed by atoms with E-state index in [1.165, 1.54) is 0 Å². The summed E-state index contributed by atoms with van der Waals surface area (Å²) in [7, 11) is 1.62. The van der Waals surface area contributed by atoms with Gasteiger partial charge in [-0.1, -0.05) is 27.5 Å². The minimum atomic E-state index is -0.0242. The molecule has 0 spiro atoms. The van der Waals surface area contributed by atoms with Gasteiger partial charge in [0.05, 0.1) is 11.6 Å². The molecule has 3 nitrogen and oxygen atoms in total. The van der Waals surface area contributed by atoms with Crippen molar-refractivity contribution in [2.24, 2.45) is 0 Å². The average molecular weight is 400 g/mol. The van der Waals surface area contributed by atoms with E-state index in [-0.39, 0.29) is 5.91 Å². The quantitative estimate of drug-likeness (QED) is 0.685. The number of hydrogen-bond donors (Lipinski definition) is 0. The Labute approximate surface area is 129 Å². The third kappa shape index (κ3) is 4.53. The Kier molecular flexibility index (Phi) is 7.22. The van der Waals surface area contributed by atoms with Gasteiger partial charge >= 0.3 is 0 Å². The molecular formula is C12H14Br2ClNO2. The summed E-state index contributed by atoms with van der Waals surface area (Å²) in [6.07, 6.45) is 0. The van der Waals surface area contributed by atoms with Crippen LogP contribution in [-0.4, -0.2) is 42.9 Å². The summed E-state index contributed by atoms with van der Waals surface area (Å²) >= 11 is 12.6. The van der Waals surface area contributed by atoms with E-state index in [0.29, 0.717) is 30.3 Å². The SMILES string of the molecule is COCCN(CCBr)C(=O)c1ccc(Cl)c(Br)c1. The predicted molar refractivity (Wildman–Crippen MR) is 80.7 cm³/mol. The topological polar surface area (TPSA) is 29.5 Å². The maximum absolute atomic E-state index is 12.3. The molecule has 0 aliphatic rings. The van der Waals surface area contributed by atoms with Gasteiger partial charge in [-0.3, -0.25) is 4.79 Å². The van der Waals surface area contributed by atoms with Crippen LogP contribution in [-0.2, 0) is 4.74 Å². The van der Waals surface area contributed by atoms with Gasteiger partial charge in [-0.15, -0.1) is 0 Å². The molecule has 0 atom stereocenters. The molecule has 0 bridgehead atoms. The van der Waals surface area contributed by atoms with Crippen LogP contribution in [0.2, 0.25) is 5.02 Å². The third-order valence-electron chi connectivity index (χ3n) is 2.37. The summed E-state index contributed by atoms with van der Waals surface area (Å²) < 4.78 is 5.73. The Morgan fingerprint density at radius 3 is 2.72 bits per heavy atom.